The lowest BCUT2D eigenvalue weighted by molar-refractivity contribution is 0.184. The van der Waals surface area contributed by atoms with E-state index in [-0.39, 0.29) is 11.6 Å². The van der Waals surface area contributed by atoms with Crippen molar-refractivity contribution in [3.05, 3.63) is 46.6 Å². The zero-order valence-electron chi connectivity index (χ0n) is 12.2. The molecular formula is C14H18N2O4S. The van der Waals surface area contributed by atoms with Gasteiger partial charge in [-0.25, -0.2) is 8.42 Å². The Hall–Kier alpha value is -1.86. The minimum atomic E-state index is -3.58. The molecule has 0 spiro atoms. The highest BCUT2D eigenvalue weighted by Gasteiger charge is 2.18. The van der Waals surface area contributed by atoms with Crippen LogP contribution in [-0.4, -0.2) is 20.7 Å². The molecule has 0 atom stereocenters. The number of rotatable bonds is 6. The molecule has 1 N–H and O–H groups in total. The van der Waals surface area contributed by atoms with E-state index in [2.05, 4.69) is 9.88 Å². The molecule has 0 aliphatic rings. The zero-order chi connectivity index (χ0) is 15.5. The summed E-state index contributed by atoms with van der Waals surface area (Å²) < 4.78 is 37.0. The third-order valence-corrected chi connectivity index (χ3v) is 4.36. The Bertz CT molecular complexity index is 722. The highest BCUT2D eigenvalue weighted by Crippen LogP contribution is 2.21. The largest absolute Gasteiger partial charge is 0.380 e. The summed E-state index contributed by atoms with van der Waals surface area (Å²) in [6.45, 7) is 3.87. The molecule has 1 heterocycles. The van der Waals surface area contributed by atoms with Gasteiger partial charge in [-0.15, -0.1) is 0 Å². The number of nitrogens with one attached hydrogen (secondary N) is 1. The molecule has 0 aliphatic carbocycles. The quantitative estimate of drug-likeness (QED) is 0.886. The van der Waals surface area contributed by atoms with Crippen LogP contribution in [0.15, 0.2) is 28.8 Å². The molecule has 0 radical (unpaired) electrons. The average Bonchev–Trinajstić information content (AvgIpc) is 2.72. The molecule has 21 heavy (non-hydrogen) atoms. The summed E-state index contributed by atoms with van der Waals surface area (Å²) in [6.07, 6.45) is 0. The molecule has 1 aromatic carbocycles. The summed E-state index contributed by atoms with van der Waals surface area (Å²) >= 11 is 0. The normalized spacial score (nSPS) is 11.6. The van der Waals surface area contributed by atoms with Crippen molar-refractivity contribution in [1.82, 2.24) is 5.16 Å². The number of aromatic nitrogens is 1. The van der Waals surface area contributed by atoms with Gasteiger partial charge in [0.2, 0.25) is 15.9 Å². The van der Waals surface area contributed by atoms with Crippen molar-refractivity contribution in [1.29, 1.82) is 0 Å². The second-order valence-corrected chi connectivity index (χ2v) is 6.51. The van der Waals surface area contributed by atoms with E-state index in [1.807, 2.05) is 12.1 Å². The summed E-state index contributed by atoms with van der Waals surface area (Å²) in [6, 6.07) is 7.26. The van der Waals surface area contributed by atoms with Crippen LogP contribution in [0.4, 0.5) is 5.88 Å². The molecule has 0 aliphatic heterocycles. The van der Waals surface area contributed by atoms with Crippen molar-refractivity contribution in [2.24, 2.45) is 0 Å². The van der Waals surface area contributed by atoms with Gasteiger partial charge in [0.15, 0.2) is 0 Å². The van der Waals surface area contributed by atoms with Crippen molar-refractivity contribution >= 4 is 15.9 Å². The Morgan fingerprint density at radius 2 is 1.90 bits per heavy atom. The Morgan fingerprint density at radius 3 is 2.48 bits per heavy atom. The Morgan fingerprint density at radius 1 is 1.24 bits per heavy atom. The molecule has 0 fully saturated rings. The highest BCUT2D eigenvalue weighted by molar-refractivity contribution is 7.91. The number of sulfonamides is 1. The van der Waals surface area contributed by atoms with Crippen LogP contribution < -0.4 is 4.72 Å². The third kappa shape index (κ3) is 3.83. The fourth-order valence-corrected chi connectivity index (χ4v) is 3.12. The van der Waals surface area contributed by atoms with Gasteiger partial charge in [0.05, 0.1) is 18.1 Å². The number of methoxy groups -OCH3 is 1. The van der Waals surface area contributed by atoms with E-state index >= 15 is 0 Å². The first-order valence-electron chi connectivity index (χ1n) is 6.42. The number of ether oxygens (including phenoxy) is 1. The number of aryl methyl sites for hydroxylation is 1. The van der Waals surface area contributed by atoms with E-state index in [0.717, 1.165) is 5.56 Å². The van der Waals surface area contributed by atoms with Crippen molar-refractivity contribution < 1.29 is 17.7 Å². The second-order valence-electron chi connectivity index (χ2n) is 4.78. The molecule has 0 saturated heterocycles. The first kappa shape index (κ1) is 15.5. The summed E-state index contributed by atoms with van der Waals surface area (Å²) in [7, 11) is -2.00. The predicted molar refractivity (Wildman–Crippen MR) is 79.4 cm³/mol. The molecular weight excluding hydrogens is 292 g/mol. The van der Waals surface area contributed by atoms with Crippen LogP contribution in [0.2, 0.25) is 0 Å². The molecule has 6 nitrogen and oxygen atoms in total. The van der Waals surface area contributed by atoms with Gasteiger partial charge < -0.3 is 9.26 Å². The maximum absolute atomic E-state index is 12.2. The van der Waals surface area contributed by atoms with E-state index in [0.29, 0.717) is 23.4 Å². The molecule has 1 aromatic heterocycles. The van der Waals surface area contributed by atoms with Crippen molar-refractivity contribution in [2.75, 3.05) is 11.8 Å². The lowest BCUT2D eigenvalue weighted by atomic mass is 10.1. The first-order valence-corrected chi connectivity index (χ1v) is 8.07. The van der Waals surface area contributed by atoms with E-state index in [1.165, 1.54) is 0 Å². The lowest BCUT2D eigenvalue weighted by Crippen LogP contribution is -2.16. The Kier molecular flexibility index (Phi) is 4.64. The maximum Gasteiger partial charge on any atom is 0.241 e. The van der Waals surface area contributed by atoms with Gasteiger partial charge in [0.25, 0.3) is 0 Å². The van der Waals surface area contributed by atoms with Crippen molar-refractivity contribution in [3.63, 3.8) is 0 Å². The maximum atomic E-state index is 12.2. The molecule has 0 saturated carbocycles. The number of anilines is 1. The summed E-state index contributed by atoms with van der Waals surface area (Å²) in [5.41, 5.74) is 2.88. The SMILES string of the molecule is COCc1ccccc1CS(=O)(=O)Nc1onc(C)c1C. The van der Waals surface area contributed by atoms with Crippen molar-refractivity contribution in [3.8, 4) is 0 Å². The fraction of sp³-hybridized carbons (Fsp3) is 0.357. The average molecular weight is 310 g/mol. The zero-order valence-corrected chi connectivity index (χ0v) is 13.0. The van der Waals surface area contributed by atoms with Gasteiger partial charge in [-0.05, 0) is 25.0 Å². The van der Waals surface area contributed by atoms with Gasteiger partial charge in [-0.2, -0.15) is 0 Å². The molecule has 0 unspecified atom stereocenters. The van der Waals surface area contributed by atoms with Crippen LogP contribution in [0.3, 0.4) is 0 Å². The number of hydrogen-bond donors (Lipinski definition) is 1. The van der Waals surface area contributed by atoms with Gasteiger partial charge in [0, 0.05) is 12.7 Å². The smallest absolute Gasteiger partial charge is 0.241 e. The van der Waals surface area contributed by atoms with Crippen LogP contribution in [0.5, 0.6) is 0 Å². The van der Waals surface area contributed by atoms with Crippen LogP contribution in [-0.2, 0) is 27.1 Å². The fourth-order valence-electron chi connectivity index (χ4n) is 1.89. The predicted octanol–water partition coefficient (Wildman–Crippen LogP) is 2.38. The van der Waals surface area contributed by atoms with E-state index < -0.39 is 10.0 Å². The molecule has 2 rings (SSSR count). The third-order valence-electron chi connectivity index (χ3n) is 3.17. The van der Waals surface area contributed by atoms with Gasteiger partial charge >= 0.3 is 0 Å². The lowest BCUT2D eigenvalue weighted by Gasteiger charge is -2.10. The monoisotopic (exact) mass is 310 g/mol. The minimum Gasteiger partial charge on any atom is -0.380 e. The van der Waals surface area contributed by atoms with Crippen LogP contribution in [0.25, 0.3) is 0 Å². The van der Waals surface area contributed by atoms with Crippen molar-refractivity contribution in [2.45, 2.75) is 26.2 Å². The standard InChI is InChI=1S/C14H18N2O4S/c1-10-11(2)15-20-14(10)16-21(17,18)9-13-7-5-4-6-12(13)8-19-3/h4-7,16H,8-9H2,1-3H3. The van der Waals surface area contributed by atoms with E-state index in [9.17, 15) is 8.42 Å². The molecule has 114 valence electrons. The Balaban J connectivity index is 2.20. The molecule has 2 aromatic rings. The van der Waals surface area contributed by atoms with Crippen LogP contribution >= 0.6 is 0 Å². The van der Waals surface area contributed by atoms with E-state index in [4.69, 9.17) is 9.26 Å². The summed E-state index contributed by atoms with van der Waals surface area (Å²) in [4.78, 5) is 0. The molecule has 0 amide bonds. The second kappa shape index (κ2) is 6.28. The van der Waals surface area contributed by atoms with Gasteiger partial charge in [-0.1, -0.05) is 29.4 Å². The first-order chi connectivity index (χ1) is 9.93. The highest BCUT2D eigenvalue weighted by atomic mass is 32.2. The van der Waals surface area contributed by atoms with E-state index in [1.54, 1.807) is 33.1 Å². The number of nitrogens with zero attached hydrogens (tertiary/aromatic N) is 1. The van der Waals surface area contributed by atoms with Crippen LogP contribution in [0.1, 0.15) is 22.4 Å². The van der Waals surface area contributed by atoms with Gasteiger partial charge in [-0.3, -0.25) is 4.72 Å². The molecule has 7 heteroatoms. The Labute approximate surface area is 124 Å². The molecule has 0 bridgehead atoms. The summed E-state index contributed by atoms with van der Waals surface area (Å²) in [5.74, 6) is 0.0165. The number of hydrogen-bond acceptors (Lipinski definition) is 5. The minimum absolute atomic E-state index is 0.147. The summed E-state index contributed by atoms with van der Waals surface area (Å²) in [5, 5.41) is 3.73. The van der Waals surface area contributed by atoms with Crippen LogP contribution in [0, 0.1) is 13.8 Å². The number of benzene rings is 1. The van der Waals surface area contributed by atoms with Gasteiger partial charge in [0.1, 0.15) is 0 Å². The topological polar surface area (TPSA) is 81.4 Å².